The van der Waals surface area contributed by atoms with Gasteiger partial charge < -0.3 is 10.7 Å². The van der Waals surface area contributed by atoms with Gasteiger partial charge in [0, 0.05) is 11.1 Å². The van der Waals surface area contributed by atoms with Crippen molar-refractivity contribution in [3.63, 3.8) is 0 Å². The van der Waals surface area contributed by atoms with E-state index in [0.29, 0.717) is 11.3 Å². The molecule has 31 heavy (non-hydrogen) atoms. The lowest BCUT2D eigenvalue weighted by Gasteiger charge is -2.16. The van der Waals surface area contributed by atoms with Crippen LogP contribution in [0.25, 0.3) is 28.5 Å². The van der Waals surface area contributed by atoms with E-state index in [1.807, 2.05) is 62.4 Å². The Kier molecular flexibility index (Phi) is 7.24. The summed E-state index contributed by atoms with van der Waals surface area (Å²) >= 11 is 0. The molecule has 0 radical (unpaired) electrons. The molecule has 1 amide bonds. The van der Waals surface area contributed by atoms with Gasteiger partial charge in [-0.2, -0.15) is 0 Å². The standard InChI is InChI=1S/C27H30N2O2/c1-4-6-7-9-19-12-16-21(17-13-19)25-22(8-5-2)23(20-14-10-18(3)11-15-20)24(26(28)30)27(31)29-25/h5,8,10-17H,4,6-7,9H2,1-3H3,(H2,28,30)(H,29,31)/b8-5+. The number of rotatable bonds is 8. The SMILES string of the molecule is C/C=C/c1c(-c2ccc(CCCCC)cc2)[nH]c(=O)c(C(N)=O)c1-c1ccc(C)cc1. The average Bonchev–Trinajstić information content (AvgIpc) is 2.75. The highest BCUT2D eigenvalue weighted by atomic mass is 16.2. The lowest BCUT2D eigenvalue weighted by atomic mass is 9.90. The van der Waals surface area contributed by atoms with Crippen molar-refractivity contribution < 1.29 is 4.79 Å². The molecule has 1 aromatic heterocycles. The van der Waals surface area contributed by atoms with E-state index < -0.39 is 11.5 Å². The van der Waals surface area contributed by atoms with Crippen molar-refractivity contribution in [3.05, 3.63) is 87.2 Å². The smallest absolute Gasteiger partial charge is 0.261 e. The Hall–Kier alpha value is -3.40. The molecule has 4 nitrogen and oxygen atoms in total. The maximum absolute atomic E-state index is 12.9. The summed E-state index contributed by atoms with van der Waals surface area (Å²) in [7, 11) is 0. The van der Waals surface area contributed by atoms with Crippen LogP contribution in [-0.4, -0.2) is 10.9 Å². The number of pyridine rings is 1. The number of primary amides is 1. The number of carbonyl (C=O) groups excluding carboxylic acids is 1. The molecule has 0 saturated heterocycles. The minimum absolute atomic E-state index is 0.0168. The van der Waals surface area contributed by atoms with E-state index >= 15 is 0 Å². The van der Waals surface area contributed by atoms with E-state index in [0.717, 1.165) is 28.7 Å². The normalized spacial score (nSPS) is 11.2. The van der Waals surface area contributed by atoms with E-state index in [1.54, 1.807) is 0 Å². The third-order valence-corrected chi connectivity index (χ3v) is 5.49. The highest BCUT2D eigenvalue weighted by Crippen LogP contribution is 2.33. The van der Waals surface area contributed by atoms with E-state index in [2.05, 4.69) is 24.0 Å². The number of H-pyrrole nitrogens is 1. The number of benzene rings is 2. The topological polar surface area (TPSA) is 75.9 Å². The monoisotopic (exact) mass is 414 g/mol. The van der Waals surface area contributed by atoms with Crippen molar-refractivity contribution >= 4 is 12.0 Å². The summed E-state index contributed by atoms with van der Waals surface area (Å²) in [4.78, 5) is 28.1. The molecule has 0 fully saturated rings. The van der Waals surface area contributed by atoms with Crippen LogP contribution in [0.2, 0.25) is 0 Å². The second-order valence-corrected chi connectivity index (χ2v) is 7.88. The third kappa shape index (κ3) is 5.02. The molecule has 0 atom stereocenters. The van der Waals surface area contributed by atoms with Crippen molar-refractivity contribution in [2.24, 2.45) is 5.73 Å². The van der Waals surface area contributed by atoms with Gasteiger partial charge in [-0.1, -0.05) is 86.0 Å². The second kappa shape index (κ2) is 10.1. The van der Waals surface area contributed by atoms with Gasteiger partial charge in [-0.05, 0) is 43.4 Å². The average molecular weight is 415 g/mol. The Bertz CT molecular complexity index is 1140. The van der Waals surface area contributed by atoms with Crippen LogP contribution in [0.15, 0.2) is 59.4 Å². The molecule has 3 aromatic rings. The lowest BCUT2D eigenvalue weighted by molar-refractivity contribution is 0.0999. The van der Waals surface area contributed by atoms with Crippen LogP contribution in [0.3, 0.4) is 0 Å². The summed E-state index contributed by atoms with van der Waals surface area (Å²) in [6.45, 7) is 6.11. The van der Waals surface area contributed by atoms with Gasteiger partial charge in [0.15, 0.2) is 0 Å². The zero-order valence-electron chi connectivity index (χ0n) is 18.5. The van der Waals surface area contributed by atoms with Crippen LogP contribution in [-0.2, 0) is 6.42 Å². The maximum atomic E-state index is 12.9. The Morgan fingerprint density at radius 2 is 1.65 bits per heavy atom. The Labute approximate surface area is 183 Å². The van der Waals surface area contributed by atoms with E-state index in [1.165, 1.54) is 24.8 Å². The molecule has 2 aromatic carbocycles. The molecule has 0 bridgehead atoms. The summed E-state index contributed by atoms with van der Waals surface area (Å²) in [6, 6.07) is 16.0. The molecule has 0 aliphatic heterocycles. The van der Waals surface area contributed by atoms with Crippen LogP contribution in [0.5, 0.6) is 0 Å². The molecular weight excluding hydrogens is 384 g/mol. The molecule has 1 heterocycles. The zero-order chi connectivity index (χ0) is 22.4. The van der Waals surface area contributed by atoms with Crippen LogP contribution >= 0.6 is 0 Å². The number of aromatic amines is 1. The first-order valence-corrected chi connectivity index (χ1v) is 10.8. The summed E-state index contributed by atoms with van der Waals surface area (Å²) in [5.74, 6) is -0.736. The summed E-state index contributed by atoms with van der Waals surface area (Å²) in [5, 5.41) is 0. The summed E-state index contributed by atoms with van der Waals surface area (Å²) in [5.41, 5.74) is 11.2. The van der Waals surface area contributed by atoms with Crippen LogP contribution in [0, 0.1) is 6.92 Å². The first-order chi connectivity index (χ1) is 15.0. The fraction of sp³-hybridized carbons (Fsp3) is 0.259. The molecule has 160 valence electrons. The van der Waals surface area contributed by atoms with Gasteiger partial charge >= 0.3 is 0 Å². The highest BCUT2D eigenvalue weighted by Gasteiger charge is 2.22. The van der Waals surface area contributed by atoms with Gasteiger partial charge in [0.1, 0.15) is 5.56 Å². The van der Waals surface area contributed by atoms with Crippen LogP contribution in [0.4, 0.5) is 0 Å². The molecule has 4 heteroatoms. The number of nitrogens with two attached hydrogens (primary N) is 1. The van der Waals surface area contributed by atoms with Gasteiger partial charge in [0.25, 0.3) is 11.5 Å². The van der Waals surface area contributed by atoms with E-state index in [4.69, 9.17) is 5.73 Å². The van der Waals surface area contributed by atoms with Gasteiger partial charge in [-0.15, -0.1) is 0 Å². The van der Waals surface area contributed by atoms with Gasteiger partial charge in [-0.25, -0.2) is 0 Å². The maximum Gasteiger partial charge on any atom is 0.261 e. The summed E-state index contributed by atoms with van der Waals surface area (Å²) in [6.07, 6.45) is 8.44. The quantitative estimate of drug-likeness (QED) is 0.451. The Balaban J connectivity index is 2.21. The lowest BCUT2D eigenvalue weighted by Crippen LogP contribution is -2.26. The van der Waals surface area contributed by atoms with Crippen LogP contribution in [0.1, 0.15) is 60.2 Å². The number of amides is 1. The fourth-order valence-corrected chi connectivity index (χ4v) is 3.85. The fourth-order valence-electron chi connectivity index (χ4n) is 3.85. The van der Waals surface area contributed by atoms with Crippen molar-refractivity contribution in [1.82, 2.24) is 4.98 Å². The van der Waals surface area contributed by atoms with Crippen LogP contribution < -0.4 is 11.3 Å². The predicted molar refractivity (Wildman–Crippen MR) is 129 cm³/mol. The minimum atomic E-state index is -0.736. The first-order valence-electron chi connectivity index (χ1n) is 10.8. The second-order valence-electron chi connectivity index (χ2n) is 7.88. The molecule has 0 saturated carbocycles. The molecule has 0 aliphatic rings. The van der Waals surface area contributed by atoms with E-state index in [9.17, 15) is 9.59 Å². The van der Waals surface area contributed by atoms with Gasteiger partial charge in [-0.3, -0.25) is 9.59 Å². The number of aryl methyl sites for hydroxylation is 2. The van der Waals surface area contributed by atoms with Crippen molar-refractivity contribution in [2.45, 2.75) is 46.5 Å². The molecule has 3 rings (SSSR count). The predicted octanol–water partition coefficient (Wildman–Crippen LogP) is 5.88. The number of carbonyl (C=O) groups is 1. The number of aromatic nitrogens is 1. The largest absolute Gasteiger partial charge is 0.365 e. The molecule has 0 spiro atoms. The molecule has 3 N–H and O–H groups in total. The van der Waals surface area contributed by atoms with Crippen molar-refractivity contribution in [3.8, 4) is 22.4 Å². The molecule has 0 aliphatic carbocycles. The Morgan fingerprint density at radius 1 is 1.00 bits per heavy atom. The molecule has 0 unspecified atom stereocenters. The number of nitrogens with one attached hydrogen (secondary N) is 1. The number of allylic oxidation sites excluding steroid dienone is 1. The number of unbranched alkanes of at least 4 members (excludes halogenated alkanes) is 2. The highest BCUT2D eigenvalue weighted by molar-refractivity contribution is 6.03. The summed E-state index contributed by atoms with van der Waals surface area (Å²) < 4.78 is 0. The minimum Gasteiger partial charge on any atom is -0.365 e. The van der Waals surface area contributed by atoms with E-state index in [-0.39, 0.29) is 5.56 Å². The Morgan fingerprint density at radius 3 is 2.23 bits per heavy atom. The third-order valence-electron chi connectivity index (χ3n) is 5.49. The molecular formula is C27H30N2O2. The van der Waals surface area contributed by atoms with Crippen molar-refractivity contribution in [1.29, 1.82) is 0 Å². The van der Waals surface area contributed by atoms with Crippen molar-refractivity contribution in [2.75, 3.05) is 0 Å². The van der Waals surface area contributed by atoms with Gasteiger partial charge in [0.2, 0.25) is 0 Å². The first kappa shape index (κ1) is 22.3. The number of hydrogen-bond acceptors (Lipinski definition) is 2. The number of hydrogen-bond donors (Lipinski definition) is 2. The zero-order valence-corrected chi connectivity index (χ0v) is 18.5. The van der Waals surface area contributed by atoms with Gasteiger partial charge in [0.05, 0.1) is 5.69 Å².